The Morgan fingerprint density at radius 1 is 1.00 bits per heavy atom. The van der Waals surface area contributed by atoms with Crippen LogP contribution in [0.25, 0.3) is 0 Å². The van der Waals surface area contributed by atoms with Crippen LogP contribution >= 0.6 is 0 Å². The summed E-state index contributed by atoms with van der Waals surface area (Å²) in [6.07, 6.45) is -6.08. The van der Waals surface area contributed by atoms with Gasteiger partial charge in [-0.3, -0.25) is 9.59 Å². The molecule has 1 aliphatic heterocycles. The van der Waals surface area contributed by atoms with Crippen molar-refractivity contribution in [3.8, 4) is 0 Å². The number of carbonyl (C=O) groups excluding carboxylic acids is 4. The summed E-state index contributed by atoms with van der Waals surface area (Å²) in [6.45, 7) is 13.2. The number of Topliss-reactive ketones (excluding diaryl/α,β-unsaturated/α-hetero) is 1. The third-order valence-electron chi connectivity index (χ3n) is 12.3. The second kappa shape index (κ2) is 13.8. The smallest absolute Gasteiger partial charge is 0.455 e. The van der Waals surface area contributed by atoms with Gasteiger partial charge in [0.05, 0.1) is 42.3 Å². The number of esters is 2. The van der Waals surface area contributed by atoms with Crippen molar-refractivity contribution in [2.75, 3.05) is 13.2 Å². The normalized spacial score (nSPS) is 34.6. The minimum absolute atomic E-state index is 0.0459. The lowest BCUT2D eigenvalue weighted by Crippen LogP contribution is -2.81. The third kappa shape index (κ3) is 6.14. The Hall–Kier alpha value is -3.88. The molecule has 13 heteroatoms. The Bertz CT molecular complexity index is 1790. The van der Waals surface area contributed by atoms with E-state index in [-0.39, 0.29) is 37.2 Å². The van der Waals surface area contributed by atoms with Gasteiger partial charge in [0.25, 0.3) is 0 Å². The van der Waals surface area contributed by atoms with Crippen LogP contribution < -0.4 is 5.19 Å². The summed E-state index contributed by atoms with van der Waals surface area (Å²) < 4.78 is 37.0. The zero-order valence-electron chi connectivity index (χ0n) is 31.5. The van der Waals surface area contributed by atoms with Crippen molar-refractivity contribution in [1.29, 1.82) is 0 Å². The van der Waals surface area contributed by atoms with E-state index in [1.807, 2.05) is 43.4 Å². The summed E-state index contributed by atoms with van der Waals surface area (Å²) in [5.74, 6) is -4.72. The molecule has 1 heterocycles. The molecule has 6 rings (SSSR count). The molecule has 53 heavy (non-hydrogen) atoms. The molecule has 2 aromatic rings. The topological polar surface area (TPSA) is 164 Å². The van der Waals surface area contributed by atoms with Crippen LogP contribution in [0.3, 0.4) is 0 Å². The fourth-order valence-corrected chi connectivity index (χ4v) is 11.6. The molecule has 0 aromatic heterocycles. The molecule has 3 aliphatic carbocycles. The fraction of sp³-hybridized carbons (Fsp3) is 0.550. The molecule has 4 aliphatic rings. The van der Waals surface area contributed by atoms with Crippen LogP contribution in [-0.4, -0.2) is 91.2 Å². The number of ketones is 1. The molecule has 3 fully saturated rings. The molecular formula is C40H50O12Si. The molecule has 2 aromatic carbocycles. The summed E-state index contributed by atoms with van der Waals surface area (Å²) in [5.41, 5.74) is -6.71. The van der Waals surface area contributed by atoms with Gasteiger partial charge in [-0.05, 0) is 49.8 Å². The maximum Gasteiger partial charge on any atom is 0.513 e. The van der Waals surface area contributed by atoms with E-state index >= 15 is 4.79 Å². The minimum Gasteiger partial charge on any atom is -0.455 e. The standard InChI is InChI=1S/C40H50O12Si/c1-9-47-36(45)49-31-30-23(2)27(42)21-40(46,37(30,4)5)34(50-35(44)25-16-12-10-13-17-25)32-38(6,33(31)43)28(20-29-39(32,22-48-29)51-24(3)41)52-53(7,8)26-18-14-11-15-19-26/h10-19,23,27-29,32,34,42,46H,9,20-22H2,1-8H3/t23?,27-,28-,29+,32?,34-,38+,39-,40+/m0/s1. The number of carbonyl (C=O) groups is 4. The fourth-order valence-electron chi connectivity index (χ4n) is 9.39. The maximum atomic E-state index is 15.8. The number of aliphatic hydroxyl groups excluding tert-OH is 1. The predicted molar refractivity (Wildman–Crippen MR) is 193 cm³/mol. The van der Waals surface area contributed by atoms with Crippen LogP contribution in [0, 0.1) is 22.7 Å². The van der Waals surface area contributed by atoms with Gasteiger partial charge in [0.1, 0.15) is 17.8 Å². The highest BCUT2D eigenvalue weighted by Crippen LogP contribution is 2.65. The summed E-state index contributed by atoms with van der Waals surface area (Å²) in [4.78, 5) is 56.3. The van der Waals surface area contributed by atoms with Crippen LogP contribution in [0.2, 0.25) is 13.1 Å². The highest BCUT2D eigenvalue weighted by atomic mass is 28.4. The third-order valence-corrected chi connectivity index (χ3v) is 14.9. The molecule has 12 nitrogen and oxygen atoms in total. The van der Waals surface area contributed by atoms with Gasteiger partial charge in [0.2, 0.25) is 14.1 Å². The lowest BCUT2D eigenvalue weighted by atomic mass is 9.45. The van der Waals surface area contributed by atoms with Gasteiger partial charge in [0, 0.05) is 31.1 Å². The van der Waals surface area contributed by atoms with E-state index in [0.717, 1.165) is 5.19 Å². The number of benzene rings is 2. The molecule has 2 saturated carbocycles. The van der Waals surface area contributed by atoms with Gasteiger partial charge in [0.15, 0.2) is 11.4 Å². The Balaban J connectivity index is 1.68. The van der Waals surface area contributed by atoms with Crippen LogP contribution in [0.5, 0.6) is 0 Å². The van der Waals surface area contributed by atoms with E-state index < -0.39 is 96.2 Å². The molecule has 0 radical (unpaired) electrons. The predicted octanol–water partition coefficient (Wildman–Crippen LogP) is 4.60. The summed E-state index contributed by atoms with van der Waals surface area (Å²) in [5, 5.41) is 26.0. The zero-order chi connectivity index (χ0) is 38.7. The van der Waals surface area contributed by atoms with Crippen molar-refractivity contribution in [2.45, 2.75) is 103 Å². The van der Waals surface area contributed by atoms with Crippen molar-refractivity contribution >= 4 is 37.4 Å². The van der Waals surface area contributed by atoms with Gasteiger partial charge in [-0.1, -0.05) is 69.3 Å². The number of aliphatic hydroxyl groups is 2. The lowest BCUT2D eigenvalue weighted by Gasteiger charge is -2.67. The van der Waals surface area contributed by atoms with E-state index in [1.54, 1.807) is 65.0 Å². The van der Waals surface area contributed by atoms with E-state index in [1.165, 1.54) is 6.92 Å². The van der Waals surface area contributed by atoms with Gasteiger partial charge in [-0.25, -0.2) is 9.59 Å². The van der Waals surface area contributed by atoms with Crippen LogP contribution in [0.1, 0.15) is 64.7 Å². The molecule has 2 unspecified atom stereocenters. The second-order valence-corrected chi connectivity index (χ2v) is 19.8. The van der Waals surface area contributed by atoms with Crippen molar-refractivity contribution in [1.82, 2.24) is 0 Å². The highest BCUT2D eigenvalue weighted by molar-refractivity contribution is 6.84. The molecule has 0 amide bonds. The van der Waals surface area contributed by atoms with Crippen LogP contribution in [0.15, 0.2) is 72.0 Å². The Kier molecular flexibility index (Phi) is 10.1. The van der Waals surface area contributed by atoms with Crippen molar-refractivity contribution in [3.63, 3.8) is 0 Å². The number of fused-ring (bicyclic) bond motifs is 5. The van der Waals surface area contributed by atoms with Crippen molar-refractivity contribution in [2.24, 2.45) is 22.7 Å². The molecular weight excluding hydrogens is 701 g/mol. The number of allylic oxidation sites excluding steroid dienone is 1. The summed E-state index contributed by atoms with van der Waals surface area (Å²) in [6, 6.07) is 17.8. The summed E-state index contributed by atoms with van der Waals surface area (Å²) >= 11 is 0. The van der Waals surface area contributed by atoms with E-state index in [2.05, 4.69) is 0 Å². The molecule has 2 bridgehead atoms. The molecule has 0 spiro atoms. The van der Waals surface area contributed by atoms with Crippen LogP contribution in [0.4, 0.5) is 4.79 Å². The van der Waals surface area contributed by atoms with Gasteiger partial charge < -0.3 is 38.3 Å². The van der Waals surface area contributed by atoms with Gasteiger partial charge >= 0.3 is 18.1 Å². The summed E-state index contributed by atoms with van der Waals surface area (Å²) in [7, 11) is -2.88. The van der Waals surface area contributed by atoms with E-state index in [9.17, 15) is 24.6 Å². The average Bonchev–Trinajstić information content (AvgIpc) is 3.10. The molecule has 286 valence electrons. The van der Waals surface area contributed by atoms with Gasteiger partial charge in [-0.15, -0.1) is 0 Å². The quantitative estimate of drug-likeness (QED) is 0.219. The Morgan fingerprint density at radius 2 is 1.62 bits per heavy atom. The number of hydrogen-bond donors (Lipinski definition) is 2. The van der Waals surface area contributed by atoms with E-state index in [0.29, 0.717) is 0 Å². The number of ether oxygens (including phenoxy) is 5. The molecule has 2 N–H and O–H groups in total. The second-order valence-electron chi connectivity index (χ2n) is 16.0. The SMILES string of the molecule is CCOC(=O)OC1=C2C(C)[C@@H](O)C[C@@](O)([C@@H](OC(=O)c3ccccc3)C3[C@](C)(C1=O)[C@@H](O[Si](C)(C)c1ccccc1)C[C@H]1OC[C@@]31OC(C)=O)C2(C)C. The minimum atomic E-state index is -2.88. The number of rotatable bonds is 8. The Labute approximate surface area is 310 Å². The number of hydrogen-bond acceptors (Lipinski definition) is 12. The van der Waals surface area contributed by atoms with Crippen LogP contribution in [-0.2, 0) is 37.7 Å². The van der Waals surface area contributed by atoms with Crippen molar-refractivity contribution in [3.05, 3.63) is 77.6 Å². The monoisotopic (exact) mass is 750 g/mol. The lowest BCUT2D eigenvalue weighted by molar-refractivity contribution is -0.344. The first-order valence-corrected chi connectivity index (χ1v) is 21.1. The first kappa shape index (κ1) is 38.8. The molecule has 1 saturated heterocycles. The van der Waals surface area contributed by atoms with E-state index in [4.69, 9.17) is 28.1 Å². The Morgan fingerprint density at radius 3 is 2.19 bits per heavy atom. The maximum absolute atomic E-state index is 15.8. The van der Waals surface area contributed by atoms with Crippen molar-refractivity contribution < 1.29 is 57.5 Å². The largest absolute Gasteiger partial charge is 0.513 e. The molecule has 9 atom stereocenters. The zero-order valence-corrected chi connectivity index (χ0v) is 32.5. The van der Waals surface area contributed by atoms with Gasteiger partial charge in [-0.2, -0.15) is 0 Å². The first-order valence-electron chi connectivity index (χ1n) is 18.2. The first-order chi connectivity index (χ1) is 24.8. The average molecular weight is 751 g/mol. The highest BCUT2D eigenvalue weighted by Gasteiger charge is 2.78.